The summed E-state index contributed by atoms with van der Waals surface area (Å²) in [5.74, 6) is -3.09. The fourth-order valence-corrected chi connectivity index (χ4v) is 3.34. The van der Waals surface area contributed by atoms with Crippen molar-refractivity contribution < 1.29 is 36.2 Å². The number of methoxy groups -OCH3 is 2. The van der Waals surface area contributed by atoms with Crippen molar-refractivity contribution in [3.8, 4) is 23.3 Å². The number of rotatable bonds is 7. The monoisotopic (exact) mass is 464 g/mol. The molecule has 0 bridgehead atoms. The van der Waals surface area contributed by atoms with Crippen LogP contribution < -0.4 is 19.5 Å². The normalized spacial score (nSPS) is 11.0. The van der Waals surface area contributed by atoms with Crippen LogP contribution in [0.4, 0.5) is 14.5 Å². The van der Waals surface area contributed by atoms with Crippen molar-refractivity contribution in [2.45, 2.75) is 4.90 Å². The van der Waals surface area contributed by atoms with E-state index in [1.807, 2.05) is 0 Å². The van der Waals surface area contributed by atoms with Crippen molar-refractivity contribution in [2.24, 2.45) is 0 Å². The maximum Gasteiger partial charge on any atom is 0.261 e. The predicted molar refractivity (Wildman–Crippen MR) is 111 cm³/mol. The topological polar surface area (TPSA) is 104 Å². The highest BCUT2D eigenvalue weighted by Crippen LogP contribution is 2.34. The maximum atomic E-state index is 14.3. The lowest BCUT2D eigenvalue weighted by molar-refractivity contribution is 0.102. The van der Waals surface area contributed by atoms with Crippen molar-refractivity contribution in [3.05, 3.63) is 65.7 Å². The molecule has 11 heteroatoms. The number of nitrogens with zero attached hydrogens (tertiary/aromatic N) is 1. The number of amides is 1. The second-order valence-electron chi connectivity index (χ2n) is 6.48. The molecule has 1 amide bonds. The van der Waals surface area contributed by atoms with Crippen molar-refractivity contribution in [2.75, 3.05) is 25.8 Å². The quantitative estimate of drug-likeness (QED) is 0.567. The van der Waals surface area contributed by atoms with E-state index in [2.05, 4.69) is 10.3 Å². The second kappa shape index (κ2) is 9.18. The molecule has 0 aliphatic rings. The lowest BCUT2D eigenvalue weighted by atomic mass is 10.2. The summed E-state index contributed by atoms with van der Waals surface area (Å²) in [7, 11) is -1.03. The first-order valence-corrected chi connectivity index (χ1v) is 10.9. The summed E-state index contributed by atoms with van der Waals surface area (Å²) < 4.78 is 66.8. The van der Waals surface area contributed by atoms with Gasteiger partial charge in [0.05, 0.1) is 19.1 Å². The first-order valence-electron chi connectivity index (χ1n) is 8.99. The predicted octanol–water partition coefficient (Wildman–Crippen LogP) is 3.83. The van der Waals surface area contributed by atoms with Crippen LogP contribution in [0, 0.1) is 11.6 Å². The molecule has 3 rings (SSSR count). The molecule has 32 heavy (non-hydrogen) atoms. The molecule has 0 unspecified atom stereocenters. The van der Waals surface area contributed by atoms with Crippen molar-refractivity contribution in [3.63, 3.8) is 0 Å². The first-order chi connectivity index (χ1) is 15.1. The minimum Gasteiger partial charge on any atom is -0.493 e. The molecular weight excluding hydrogens is 446 g/mol. The van der Waals surface area contributed by atoms with Crippen LogP contribution in [0.15, 0.2) is 53.4 Å². The van der Waals surface area contributed by atoms with Gasteiger partial charge in [0, 0.05) is 18.0 Å². The molecule has 2 aromatic carbocycles. The highest BCUT2D eigenvalue weighted by atomic mass is 32.2. The molecule has 0 spiro atoms. The molecule has 0 atom stereocenters. The molecule has 0 radical (unpaired) electrons. The number of hydrogen-bond acceptors (Lipinski definition) is 7. The molecule has 0 fully saturated rings. The molecule has 1 N–H and O–H groups in total. The fraction of sp³-hybridized carbons (Fsp3) is 0.143. The van der Waals surface area contributed by atoms with Crippen LogP contribution in [-0.4, -0.2) is 39.8 Å². The largest absolute Gasteiger partial charge is 0.493 e. The Labute approximate surface area is 182 Å². The Morgan fingerprint density at radius 2 is 1.72 bits per heavy atom. The van der Waals surface area contributed by atoms with Gasteiger partial charge in [0.2, 0.25) is 5.88 Å². The molecule has 1 heterocycles. The van der Waals surface area contributed by atoms with E-state index in [4.69, 9.17) is 14.2 Å². The molecule has 0 aliphatic carbocycles. The summed E-state index contributed by atoms with van der Waals surface area (Å²) >= 11 is 0. The van der Waals surface area contributed by atoms with Gasteiger partial charge in [0.1, 0.15) is 11.4 Å². The van der Waals surface area contributed by atoms with Gasteiger partial charge < -0.3 is 19.5 Å². The zero-order valence-electron chi connectivity index (χ0n) is 17.2. The Bertz CT molecular complexity index is 1280. The third kappa shape index (κ3) is 5.11. The van der Waals surface area contributed by atoms with E-state index in [9.17, 15) is 22.0 Å². The maximum absolute atomic E-state index is 14.3. The molecule has 0 saturated heterocycles. The number of aromatic nitrogens is 1. The molecule has 8 nitrogen and oxygen atoms in total. The van der Waals surface area contributed by atoms with E-state index < -0.39 is 33.3 Å². The number of pyridine rings is 1. The minimum absolute atomic E-state index is 0.0122. The van der Waals surface area contributed by atoms with Gasteiger partial charge in [-0.3, -0.25) is 4.79 Å². The van der Waals surface area contributed by atoms with E-state index in [1.165, 1.54) is 44.6 Å². The smallest absolute Gasteiger partial charge is 0.261 e. The van der Waals surface area contributed by atoms with Crippen molar-refractivity contribution >= 4 is 21.4 Å². The summed E-state index contributed by atoms with van der Waals surface area (Å²) in [5, 5.41) is 2.48. The standard InChI is InChI=1S/C21H18F2N2O6S/c1-29-18-9-12(22)7-8-17(18)31-20-15(11-16(23)21(25-20)30-2)19(26)24-13-5-4-6-14(10-13)32(3,27)28/h4-11H,1-3H3,(H,24,26). The Balaban J connectivity index is 2.01. The Morgan fingerprint density at radius 3 is 2.38 bits per heavy atom. The highest BCUT2D eigenvalue weighted by Gasteiger charge is 2.22. The number of ether oxygens (including phenoxy) is 3. The van der Waals surface area contributed by atoms with Crippen LogP contribution in [0.5, 0.6) is 23.3 Å². The zero-order chi connectivity index (χ0) is 23.5. The zero-order valence-corrected chi connectivity index (χ0v) is 18.0. The van der Waals surface area contributed by atoms with Gasteiger partial charge in [0.25, 0.3) is 11.8 Å². The van der Waals surface area contributed by atoms with Crippen LogP contribution in [0.3, 0.4) is 0 Å². The number of hydrogen-bond donors (Lipinski definition) is 1. The van der Waals surface area contributed by atoms with E-state index in [0.717, 1.165) is 24.5 Å². The summed E-state index contributed by atoms with van der Waals surface area (Å²) in [5.41, 5.74) is -0.168. The number of nitrogens with one attached hydrogen (secondary N) is 1. The van der Waals surface area contributed by atoms with E-state index in [-0.39, 0.29) is 33.5 Å². The van der Waals surface area contributed by atoms with Crippen molar-refractivity contribution in [1.82, 2.24) is 4.98 Å². The third-order valence-corrected chi connectivity index (χ3v) is 5.31. The van der Waals surface area contributed by atoms with Gasteiger partial charge in [-0.1, -0.05) is 6.07 Å². The third-order valence-electron chi connectivity index (χ3n) is 4.20. The van der Waals surface area contributed by atoms with Crippen LogP contribution in [0.1, 0.15) is 10.4 Å². The van der Waals surface area contributed by atoms with Gasteiger partial charge >= 0.3 is 0 Å². The highest BCUT2D eigenvalue weighted by molar-refractivity contribution is 7.90. The number of sulfone groups is 1. The summed E-state index contributed by atoms with van der Waals surface area (Å²) in [6.07, 6.45) is 1.03. The van der Waals surface area contributed by atoms with E-state index in [0.29, 0.717) is 0 Å². The minimum atomic E-state index is -3.51. The van der Waals surface area contributed by atoms with Crippen LogP contribution in [0.2, 0.25) is 0 Å². The van der Waals surface area contributed by atoms with Crippen LogP contribution in [0.25, 0.3) is 0 Å². The van der Waals surface area contributed by atoms with Gasteiger partial charge in [-0.05, 0) is 36.4 Å². The Hall–Kier alpha value is -3.73. The van der Waals surface area contributed by atoms with Crippen LogP contribution >= 0.6 is 0 Å². The lowest BCUT2D eigenvalue weighted by Crippen LogP contribution is -2.15. The average Bonchev–Trinajstić information content (AvgIpc) is 2.75. The summed E-state index contributed by atoms with van der Waals surface area (Å²) in [6.45, 7) is 0. The molecule has 1 aromatic heterocycles. The van der Waals surface area contributed by atoms with E-state index in [1.54, 1.807) is 0 Å². The molecule has 168 valence electrons. The second-order valence-corrected chi connectivity index (χ2v) is 8.50. The average molecular weight is 464 g/mol. The number of benzene rings is 2. The number of halogens is 2. The molecule has 0 saturated carbocycles. The lowest BCUT2D eigenvalue weighted by Gasteiger charge is -2.14. The summed E-state index contributed by atoms with van der Waals surface area (Å²) in [6, 6.07) is 9.81. The van der Waals surface area contributed by atoms with Gasteiger partial charge in [-0.15, -0.1) is 0 Å². The van der Waals surface area contributed by atoms with Gasteiger partial charge in [0.15, 0.2) is 27.2 Å². The number of carbonyl (C=O) groups excluding carboxylic acids is 1. The Morgan fingerprint density at radius 1 is 0.969 bits per heavy atom. The number of anilines is 1. The van der Waals surface area contributed by atoms with Gasteiger partial charge in [-0.2, -0.15) is 4.98 Å². The number of carbonyl (C=O) groups is 1. The van der Waals surface area contributed by atoms with Crippen LogP contribution in [-0.2, 0) is 9.84 Å². The SMILES string of the molecule is COc1cc(F)ccc1Oc1nc(OC)c(F)cc1C(=O)Nc1cccc(S(C)(=O)=O)c1. The summed E-state index contributed by atoms with van der Waals surface area (Å²) in [4.78, 5) is 16.7. The van der Waals surface area contributed by atoms with E-state index >= 15 is 0 Å². The molecule has 3 aromatic rings. The molecular formula is C21H18F2N2O6S. The van der Waals surface area contributed by atoms with Gasteiger partial charge in [-0.25, -0.2) is 17.2 Å². The fourth-order valence-electron chi connectivity index (χ4n) is 2.67. The Kier molecular flexibility index (Phi) is 6.58. The van der Waals surface area contributed by atoms with Crippen molar-refractivity contribution in [1.29, 1.82) is 0 Å². The first kappa shape index (κ1) is 22.9. The molecule has 0 aliphatic heterocycles.